The third-order valence-electron chi connectivity index (χ3n) is 7.39. The Morgan fingerprint density at radius 1 is 1.14 bits per heavy atom. The zero-order valence-corrected chi connectivity index (χ0v) is 21.2. The molecular weight excluding hydrogens is 462 g/mol. The van der Waals surface area contributed by atoms with E-state index in [4.69, 9.17) is 0 Å². The van der Waals surface area contributed by atoms with Gasteiger partial charge < -0.3 is 5.11 Å². The van der Waals surface area contributed by atoms with E-state index in [0.29, 0.717) is 11.6 Å². The predicted octanol–water partition coefficient (Wildman–Crippen LogP) is 5.16. The molecule has 1 spiro atoms. The summed E-state index contributed by atoms with van der Waals surface area (Å²) in [6.07, 6.45) is 7.42. The van der Waals surface area contributed by atoms with Gasteiger partial charge in [-0.2, -0.15) is 0 Å². The Bertz CT molecular complexity index is 1240. The maximum absolute atomic E-state index is 10.9. The van der Waals surface area contributed by atoms with Gasteiger partial charge in [0.15, 0.2) is 5.82 Å². The average Bonchev–Trinajstić information content (AvgIpc) is 3.07. The van der Waals surface area contributed by atoms with Crippen LogP contribution < -0.4 is 4.31 Å². The van der Waals surface area contributed by atoms with E-state index in [9.17, 15) is 14.2 Å². The number of hydrogen-bond donors (Lipinski definition) is 3. The molecule has 5 rings (SSSR count). The van der Waals surface area contributed by atoms with Crippen LogP contribution in [0.4, 0.5) is 5.82 Å². The molecule has 1 aromatic carbocycles. The Hall–Kier alpha value is -2.72. The largest absolute Gasteiger partial charge is 0.507 e. The zero-order chi connectivity index (χ0) is 24.8. The molecule has 2 saturated heterocycles. The van der Waals surface area contributed by atoms with Crippen LogP contribution in [-0.2, 0) is 6.54 Å². The molecule has 2 atom stereocenters. The van der Waals surface area contributed by atoms with Crippen molar-refractivity contribution < 1.29 is 14.2 Å². The second-order valence-corrected chi connectivity index (χ2v) is 12.0. The van der Waals surface area contributed by atoms with E-state index >= 15 is 0 Å². The highest BCUT2D eigenvalue weighted by Crippen LogP contribution is 2.60. The second-order valence-electron chi connectivity index (χ2n) is 9.92. The van der Waals surface area contributed by atoms with Crippen molar-refractivity contribution in [3.05, 3.63) is 65.7 Å². The number of phenols is 1. The number of phenolic OH excluding ortho intramolecular Hbond substituents is 1. The van der Waals surface area contributed by atoms with Crippen molar-refractivity contribution in [2.75, 3.05) is 16.6 Å². The van der Waals surface area contributed by atoms with E-state index in [1.807, 2.05) is 38.1 Å². The van der Waals surface area contributed by atoms with E-state index in [2.05, 4.69) is 26.8 Å². The first kappa shape index (κ1) is 24.0. The lowest BCUT2D eigenvalue weighted by molar-refractivity contribution is 0.102. The molecule has 0 saturated carbocycles. The van der Waals surface area contributed by atoms with Gasteiger partial charge in [0.05, 0.1) is 28.9 Å². The van der Waals surface area contributed by atoms with Crippen LogP contribution in [-0.4, -0.2) is 57.9 Å². The molecule has 0 aliphatic carbocycles. The molecule has 3 aromatic rings. The lowest BCUT2D eigenvalue weighted by Crippen LogP contribution is -2.55. The molecule has 0 radical (unpaired) electrons. The van der Waals surface area contributed by atoms with Crippen molar-refractivity contribution in [2.24, 2.45) is 0 Å². The van der Waals surface area contributed by atoms with Gasteiger partial charge in [-0.15, -0.1) is 10.8 Å². The molecule has 0 bridgehead atoms. The number of anilines is 1. The molecule has 0 amide bonds. The van der Waals surface area contributed by atoms with Crippen molar-refractivity contribution >= 4 is 16.6 Å². The fourth-order valence-electron chi connectivity index (χ4n) is 5.64. The first-order valence-electron chi connectivity index (χ1n) is 12.0. The van der Waals surface area contributed by atoms with Crippen LogP contribution in [0.5, 0.6) is 5.75 Å². The average molecular weight is 496 g/mol. The van der Waals surface area contributed by atoms with Gasteiger partial charge in [0.2, 0.25) is 0 Å². The Labute approximate surface area is 208 Å². The van der Waals surface area contributed by atoms with Crippen molar-refractivity contribution in [2.45, 2.75) is 58.2 Å². The summed E-state index contributed by atoms with van der Waals surface area (Å²) in [4.78, 5) is 15.8. The van der Waals surface area contributed by atoms with Crippen LogP contribution in [0.2, 0.25) is 0 Å². The number of nitrogens with zero attached hydrogens (tertiary/aromatic N) is 5. The maximum Gasteiger partial charge on any atom is 0.166 e. The highest BCUT2D eigenvalue weighted by Gasteiger charge is 2.53. The number of benzene rings is 1. The molecule has 2 aliphatic rings. The van der Waals surface area contributed by atoms with Gasteiger partial charge in [-0.1, -0.05) is 12.1 Å². The van der Waals surface area contributed by atoms with Crippen molar-refractivity contribution in [3.8, 4) is 17.0 Å². The number of piperidine rings is 1. The molecule has 2 aliphatic heterocycles. The maximum atomic E-state index is 10.9. The molecule has 8 nitrogen and oxygen atoms in total. The molecule has 35 heavy (non-hydrogen) atoms. The molecule has 3 N–H and O–H groups in total. The monoisotopic (exact) mass is 495 g/mol. The quantitative estimate of drug-likeness (QED) is 0.456. The van der Waals surface area contributed by atoms with Crippen molar-refractivity contribution in [1.82, 2.24) is 19.9 Å². The molecule has 2 aromatic heterocycles. The lowest BCUT2D eigenvalue weighted by Gasteiger charge is -2.51. The van der Waals surface area contributed by atoms with Gasteiger partial charge in [-0.05, 0) is 69.4 Å². The minimum atomic E-state index is -2.93. The minimum Gasteiger partial charge on any atom is -0.507 e. The third-order valence-corrected chi connectivity index (χ3v) is 9.30. The van der Waals surface area contributed by atoms with Gasteiger partial charge >= 0.3 is 0 Å². The van der Waals surface area contributed by atoms with Gasteiger partial charge in [-0.3, -0.25) is 24.0 Å². The van der Waals surface area contributed by atoms with E-state index in [0.717, 1.165) is 60.4 Å². The summed E-state index contributed by atoms with van der Waals surface area (Å²) in [6, 6.07) is 9.87. The fraction of sp³-hybridized carbons (Fsp3) is 0.423. The molecule has 4 heterocycles. The number of pyridine rings is 1. The highest BCUT2D eigenvalue weighted by molar-refractivity contribution is 8.25. The van der Waals surface area contributed by atoms with Crippen LogP contribution in [0.1, 0.15) is 43.0 Å². The summed E-state index contributed by atoms with van der Waals surface area (Å²) in [6.45, 7) is 7.64. The van der Waals surface area contributed by atoms with Crippen LogP contribution in [0, 0.1) is 13.8 Å². The molecular formula is C26H33N5O3S. The van der Waals surface area contributed by atoms with E-state index in [-0.39, 0.29) is 17.3 Å². The summed E-state index contributed by atoms with van der Waals surface area (Å²) >= 11 is 0. The van der Waals surface area contributed by atoms with Crippen LogP contribution in [0.25, 0.3) is 11.3 Å². The van der Waals surface area contributed by atoms with Gasteiger partial charge in [0, 0.05) is 37.1 Å². The summed E-state index contributed by atoms with van der Waals surface area (Å²) in [7, 11) is -2.93. The smallest absolute Gasteiger partial charge is 0.166 e. The first-order chi connectivity index (χ1) is 16.7. The van der Waals surface area contributed by atoms with Crippen LogP contribution >= 0.6 is 10.8 Å². The highest BCUT2D eigenvalue weighted by atomic mass is 32.3. The van der Waals surface area contributed by atoms with E-state index in [1.54, 1.807) is 29.0 Å². The number of aromatic nitrogens is 3. The van der Waals surface area contributed by atoms with Gasteiger partial charge in [-0.25, -0.2) is 9.29 Å². The van der Waals surface area contributed by atoms with E-state index in [1.165, 1.54) is 0 Å². The molecule has 9 heteroatoms. The number of rotatable bonds is 4. The van der Waals surface area contributed by atoms with E-state index < -0.39 is 10.8 Å². The Kier molecular flexibility index (Phi) is 6.21. The normalized spacial score (nSPS) is 25.2. The molecule has 2 fully saturated rings. The van der Waals surface area contributed by atoms with Crippen LogP contribution in [0.3, 0.4) is 0 Å². The number of likely N-dealkylation sites (tertiary alicyclic amines) is 1. The summed E-state index contributed by atoms with van der Waals surface area (Å²) in [5.41, 5.74) is 4.09. The number of aryl methyl sites for hydroxylation is 2. The SMILES string of the molecule is Cc1cncc(N2[C@@]3(CCN(Cc4ccc(O)c(-c5ncccc5C)c4)[C@@H](C)C3)CCS2(O)O)n1. The number of aromatic hydroxyl groups is 1. The third kappa shape index (κ3) is 4.49. The Morgan fingerprint density at radius 2 is 1.97 bits per heavy atom. The van der Waals surface area contributed by atoms with Gasteiger partial charge in [0.25, 0.3) is 0 Å². The van der Waals surface area contributed by atoms with Crippen LogP contribution in [0.15, 0.2) is 48.9 Å². The Morgan fingerprint density at radius 3 is 2.71 bits per heavy atom. The molecule has 186 valence electrons. The Balaban J connectivity index is 1.37. The minimum absolute atomic E-state index is 0.228. The second kappa shape index (κ2) is 9.05. The number of hydrogen-bond acceptors (Lipinski definition) is 8. The summed E-state index contributed by atoms with van der Waals surface area (Å²) in [5, 5.41) is 10.5. The van der Waals surface area contributed by atoms with Gasteiger partial charge in [0.1, 0.15) is 5.75 Å². The summed E-state index contributed by atoms with van der Waals surface area (Å²) < 4.78 is 23.7. The fourth-order valence-corrected chi connectivity index (χ4v) is 7.75. The first-order valence-corrected chi connectivity index (χ1v) is 13.7. The topological polar surface area (TPSA) is 106 Å². The lowest BCUT2D eigenvalue weighted by atomic mass is 9.81. The summed E-state index contributed by atoms with van der Waals surface area (Å²) in [5.74, 6) is 1.14. The zero-order valence-electron chi connectivity index (χ0n) is 20.4. The van der Waals surface area contributed by atoms with Crippen molar-refractivity contribution in [3.63, 3.8) is 0 Å². The standard InChI is InChI=1S/C26H33N5O3S/c1-18-5-4-10-28-25(18)22-13-21(6-7-23(22)32)17-30-11-8-26(14-20(30)3)9-12-35(33,34)31(26)24-16-27-15-19(2)29-24/h4-7,10,13,15-16,20,32-34H,8-9,11-12,14,17H2,1-3H3/t20-,26-/m0/s1. The van der Waals surface area contributed by atoms with Crippen molar-refractivity contribution in [1.29, 1.82) is 0 Å². The molecule has 0 unspecified atom stereocenters. The predicted molar refractivity (Wildman–Crippen MR) is 139 cm³/mol.